The molecular formula is C10H12N2O2. The van der Waals surface area contributed by atoms with Crippen LogP contribution < -0.4 is 10.1 Å². The molecule has 0 spiro atoms. The molecule has 0 radical (unpaired) electrons. The van der Waals surface area contributed by atoms with Crippen LogP contribution in [0.2, 0.25) is 0 Å². The number of hydrogen-bond acceptors (Lipinski definition) is 3. The van der Waals surface area contributed by atoms with Gasteiger partial charge in [-0.1, -0.05) is 0 Å². The quantitative estimate of drug-likeness (QED) is 0.750. The van der Waals surface area contributed by atoms with Crippen molar-refractivity contribution in [2.45, 2.75) is 12.3 Å². The van der Waals surface area contributed by atoms with Crippen LogP contribution >= 0.6 is 0 Å². The lowest BCUT2D eigenvalue weighted by Crippen LogP contribution is -2.13. The van der Waals surface area contributed by atoms with Crippen molar-refractivity contribution in [1.29, 1.82) is 0 Å². The molecule has 2 heterocycles. The number of ether oxygens (including phenoxy) is 1. The first kappa shape index (κ1) is 8.99. The zero-order chi connectivity index (χ0) is 9.97. The number of amides is 1. The van der Waals surface area contributed by atoms with Crippen LogP contribution in [0.3, 0.4) is 0 Å². The fourth-order valence-electron chi connectivity index (χ4n) is 1.57. The number of aromatic nitrogens is 1. The smallest absolute Gasteiger partial charge is 0.220 e. The molecule has 1 aliphatic heterocycles. The Balaban J connectivity index is 2.13. The van der Waals surface area contributed by atoms with Crippen LogP contribution in [-0.2, 0) is 4.79 Å². The zero-order valence-corrected chi connectivity index (χ0v) is 7.99. The van der Waals surface area contributed by atoms with Crippen LogP contribution in [0.25, 0.3) is 0 Å². The van der Waals surface area contributed by atoms with Gasteiger partial charge in [0, 0.05) is 24.6 Å². The van der Waals surface area contributed by atoms with Gasteiger partial charge >= 0.3 is 0 Å². The molecule has 0 bridgehead atoms. The summed E-state index contributed by atoms with van der Waals surface area (Å²) < 4.78 is 5.01. The SMILES string of the molecule is COc1ccc(C2CNC(=O)C2)nc1. The van der Waals surface area contributed by atoms with Gasteiger partial charge in [0.25, 0.3) is 0 Å². The third-order valence-corrected chi connectivity index (χ3v) is 2.39. The van der Waals surface area contributed by atoms with Crippen molar-refractivity contribution in [2.75, 3.05) is 13.7 Å². The molecule has 1 N–H and O–H groups in total. The Hall–Kier alpha value is -1.58. The maximum Gasteiger partial charge on any atom is 0.220 e. The Morgan fingerprint density at radius 3 is 2.93 bits per heavy atom. The first-order chi connectivity index (χ1) is 6.79. The fraction of sp³-hybridized carbons (Fsp3) is 0.400. The highest BCUT2D eigenvalue weighted by Gasteiger charge is 2.23. The highest BCUT2D eigenvalue weighted by molar-refractivity contribution is 5.79. The van der Waals surface area contributed by atoms with E-state index in [1.807, 2.05) is 12.1 Å². The van der Waals surface area contributed by atoms with Gasteiger partial charge in [-0.05, 0) is 12.1 Å². The molecule has 0 aliphatic carbocycles. The van der Waals surface area contributed by atoms with Crippen molar-refractivity contribution < 1.29 is 9.53 Å². The molecule has 1 aliphatic rings. The molecular weight excluding hydrogens is 180 g/mol. The van der Waals surface area contributed by atoms with E-state index in [4.69, 9.17) is 4.74 Å². The summed E-state index contributed by atoms with van der Waals surface area (Å²) in [5, 5.41) is 2.79. The van der Waals surface area contributed by atoms with Gasteiger partial charge in [-0.3, -0.25) is 9.78 Å². The van der Waals surface area contributed by atoms with Crippen LogP contribution in [0.5, 0.6) is 5.75 Å². The zero-order valence-electron chi connectivity index (χ0n) is 7.99. The maximum absolute atomic E-state index is 11.0. The molecule has 0 saturated carbocycles. The number of hydrogen-bond donors (Lipinski definition) is 1. The highest BCUT2D eigenvalue weighted by Crippen LogP contribution is 2.22. The molecule has 1 amide bonds. The Labute approximate surface area is 82.3 Å². The van der Waals surface area contributed by atoms with E-state index < -0.39 is 0 Å². The van der Waals surface area contributed by atoms with E-state index in [1.54, 1.807) is 13.3 Å². The first-order valence-electron chi connectivity index (χ1n) is 4.56. The van der Waals surface area contributed by atoms with Gasteiger partial charge in [0.1, 0.15) is 5.75 Å². The number of nitrogens with zero attached hydrogens (tertiary/aromatic N) is 1. The predicted molar refractivity (Wildman–Crippen MR) is 51.2 cm³/mol. The summed E-state index contributed by atoms with van der Waals surface area (Å²) >= 11 is 0. The Morgan fingerprint density at radius 1 is 1.57 bits per heavy atom. The van der Waals surface area contributed by atoms with Crippen molar-refractivity contribution in [1.82, 2.24) is 10.3 Å². The molecule has 1 saturated heterocycles. The molecule has 14 heavy (non-hydrogen) atoms. The van der Waals surface area contributed by atoms with E-state index in [-0.39, 0.29) is 11.8 Å². The van der Waals surface area contributed by atoms with Crippen molar-refractivity contribution in [2.24, 2.45) is 0 Å². The number of rotatable bonds is 2. The van der Waals surface area contributed by atoms with E-state index in [1.165, 1.54) is 0 Å². The largest absolute Gasteiger partial charge is 0.495 e. The summed E-state index contributed by atoms with van der Waals surface area (Å²) in [6.45, 7) is 0.693. The molecule has 1 fully saturated rings. The van der Waals surface area contributed by atoms with Gasteiger partial charge in [0.05, 0.1) is 13.3 Å². The number of pyridine rings is 1. The van der Waals surface area contributed by atoms with Crippen molar-refractivity contribution in [3.05, 3.63) is 24.0 Å². The molecule has 0 aromatic carbocycles. The number of methoxy groups -OCH3 is 1. The average Bonchev–Trinajstić information content (AvgIpc) is 2.65. The lowest BCUT2D eigenvalue weighted by molar-refractivity contribution is -0.119. The Bertz CT molecular complexity index is 334. The summed E-state index contributed by atoms with van der Waals surface area (Å²) in [7, 11) is 1.61. The standard InChI is InChI=1S/C10H12N2O2/c1-14-8-2-3-9(11-6-8)7-4-10(13)12-5-7/h2-3,6-7H,4-5H2,1H3,(H,12,13). The van der Waals surface area contributed by atoms with Gasteiger partial charge in [0.2, 0.25) is 5.91 Å². The normalized spacial score (nSPS) is 20.6. The minimum Gasteiger partial charge on any atom is -0.495 e. The third-order valence-electron chi connectivity index (χ3n) is 2.39. The molecule has 1 unspecified atom stereocenters. The molecule has 74 valence electrons. The van der Waals surface area contributed by atoms with Gasteiger partial charge in [0.15, 0.2) is 0 Å². The molecule has 1 aromatic heterocycles. The third kappa shape index (κ3) is 1.69. The van der Waals surface area contributed by atoms with Gasteiger partial charge < -0.3 is 10.1 Å². The van der Waals surface area contributed by atoms with E-state index in [9.17, 15) is 4.79 Å². The minimum absolute atomic E-state index is 0.104. The van der Waals surface area contributed by atoms with E-state index in [0.717, 1.165) is 11.4 Å². The molecule has 2 rings (SSSR count). The lowest BCUT2D eigenvalue weighted by Gasteiger charge is -2.06. The fourth-order valence-corrected chi connectivity index (χ4v) is 1.57. The van der Waals surface area contributed by atoms with E-state index in [2.05, 4.69) is 10.3 Å². The number of carbonyl (C=O) groups is 1. The first-order valence-corrected chi connectivity index (χ1v) is 4.56. The van der Waals surface area contributed by atoms with E-state index >= 15 is 0 Å². The summed E-state index contributed by atoms with van der Waals surface area (Å²) in [6.07, 6.45) is 2.22. The minimum atomic E-state index is 0.104. The number of nitrogens with one attached hydrogen (secondary N) is 1. The maximum atomic E-state index is 11.0. The average molecular weight is 192 g/mol. The van der Waals surface area contributed by atoms with Crippen molar-refractivity contribution in [3.63, 3.8) is 0 Å². The Morgan fingerprint density at radius 2 is 2.43 bits per heavy atom. The second-order valence-electron chi connectivity index (χ2n) is 3.33. The van der Waals surface area contributed by atoms with Crippen LogP contribution in [0.15, 0.2) is 18.3 Å². The topological polar surface area (TPSA) is 51.2 Å². The van der Waals surface area contributed by atoms with Gasteiger partial charge in [-0.15, -0.1) is 0 Å². The molecule has 4 nitrogen and oxygen atoms in total. The van der Waals surface area contributed by atoms with Crippen molar-refractivity contribution >= 4 is 5.91 Å². The van der Waals surface area contributed by atoms with Crippen LogP contribution in [0.4, 0.5) is 0 Å². The second-order valence-corrected chi connectivity index (χ2v) is 3.33. The van der Waals surface area contributed by atoms with Gasteiger partial charge in [-0.2, -0.15) is 0 Å². The van der Waals surface area contributed by atoms with Crippen LogP contribution in [0, 0.1) is 0 Å². The van der Waals surface area contributed by atoms with E-state index in [0.29, 0.717) is 13.0 Å². The summed E-state index contributed by atoms with van der Waals surface area (Å²) in [6, 6.07) is 3.77. The summed E-state index contributed by atoms with van der Waals surface area (Å²) in [5.41, 5.74) is 0.948. The van der Waals surface area contributed by atoms with Gasteiger partial charge in [-0.25, -0.2) is 0 Å². The number of carbonyl (C=O) groups excluding carboxylic acids is 1. The summed E-state index contributed by atoms with van der Waals surface area (Å²) in [5.74, 6) is 1.06. The Kier molecular flexibility index (Phi) is 2.35. The lowest BCUT2D eigenvalue weighted by atomic mass is 10.0. The molecule has 1 atom stereocenters. The van der Waals surface area contributed by atoms with Crippen LogP contribution in [0.1, 0.15) is 18.0 Å². The molecule has 1 aromatic rings. The summed E-state index contributed by atoms with van der Waals surface area (Å²) in [4.78, 5) is 15.2. The van der Waals surface area contributed by atoms with Crippen LogP contribution in [-0.4, -0.2) is 24.5 Å². The second kappa shape index (κ2) is 3.65. The predicted octanol–water partition coefficient (Wildman–Crippen LogP) is 0.694. The highest BCUT2D eigenvalue weighted by atomic mass is 16.5. The molecule has 4 heteroatoms. The monoisotopic (exact) mass is 192 g/mol. The van der Waals surface area contributed by atoms with Crippen molar-refractivity contribution in [3.8, 4) is 5.75 Å².